The number of nitrogens with zero attached hydrogens (tertiary/aromatic N) is 4. The van der Waals surface area contributed by atoms with E-state index in [0.717, 1.165) is 44.4 Å². The summed E-state index contributed by atoms with van der Waals surface area (Å²) >= 11 is 0. The fourth-order valence-electron chi connectivity index (χ4n) is 9.06. The fraction of sp³-hybridized carbons (Fsp3) is 0.0727. The summed E-state index contributed by atoms with van der Waals surface area (Å²) in [5.41, 5.74) is 14.7. The molecule has 0 N–H and O–H groups in total. The van der Waals surface area contributed by atoms with E-state index in [1.165, 1.54) is 38.8 Å². The topological polar surface area (TPSA) is 42.0 Å². The van der Waals surface area contributed by atoms with Crippen molar-refractivity contribution in [2.45, 2.75) is 25.8 Å². The van der Waals surface area contributed by atoms with Crippen molar-refractivity contribution >= 4 is 40.2 Å². The Labute approximate surface area is 347 Å². The number of benzene rings is 5. The Balaban J connectivity index is 1.29. The molecule has 0 saturated carbocycles. The van der Waals surface area contributed by atoms with Crippen molar-refractivity contribution in [3.8, 4) is 16.8 Å². The highest BCUT2D eigenvalue weighted by Gasteiger charge is 2.53. The van der Waals surface area contributed by atoms with Gasteiger partial charge in [0.15, 0.2) is 11.7 Å². The lowest BCUT2D eigenvalue weighted by atomic mass is 9.66. The van der Waals surface area contributed by atoms with E-state index in [1.807, 2.05) is 30.4 Å². The molecule has 6 aromatic rings. The molecule has 0 bridgehead atoms. The maximum atomic E-state index is 5.28. The molecule has 5 aromatic carbocycles. The van der Waals surface area contributed by atoms with E-state index >= 15 is 0 Å². The third kappa shape index (κ3) is 6.30. The fourth-order valence-corrected chi connectivity index (χ4v) is 9.06. The molecule has 1 spiro atoms. The summed E-state index contributed by atoms with van der Waals surface area (Å²) in [5.74, 6) is 0.900. The van der Waals surface area contributed by atoms with Crippen molar-refractivity contribution in [3.63, 3.8) is 0 Å². The SMILES string of the molecule is C=C/C=C\C1=C(C)C(C)=C(/C(=C\C=C)C(N=C)=NC(=NCc2ccc3c(c2)c2ccccc2n3-c2ccccc2)/C(C=C)=C/C=C)C12c1ccccc1-c1ccccc12. The molecule has 4 heteroatoms. The third-order valence-electron chi connectivity index (χ3n) is 11.6. The van der Waals surface area contributed by atoms with Crippen LogP contribution in [0.3, 0.4) is 0 Å². The molecule has 0 saturated heterocycles. The molecule has 286 valence electrons. The molecule has 0 radical (unpaired) electrons. The van der Waals surface area contributed by atoms with Crippen molar-refractivity contribution in [3.05, 3.63) is 246 Å². The highest BCUT2D eigenvalue weighted by molar-refractivity contribution is 6.16. The number of allylic oxidation sites excluding steroid dienone is 10. The number of amidine groups is 2. The summed E-state index contributed by atoms with van der Waals surface area (Å²) in [5, 5.41) is 2.34. The lowest BCUT2D eigenvalue weighted by molar-refractivity contribution is 0.771. The number of hydrogen-bond donors (Lipinski definition) is 0. The number of aromatic nitrogens is 1. The van der Waals surface area contributed by atoms with Crippen LogP contribution in [0.1, 0.15) is 30.5 Å². The molecule has 2 aliphatic rings. The smallest absolute Gasteiger partial charge is 0.161 e. The molecule has 0 aliphatic heterocycles. The summed E-state index contributed by atoms with van der Waals surface area (Å²) in [7, 11) is 0. The van der Waals surface area contributed by atoms with Crippen LogP contribution in [0.4, 0.5) is 0 Å². The van der Waals surface area contributed by atoms with Gasteiger partial charge in [-0.1, -0.05) is 166 Å². The minimum atomic E-state index is -0.662. The van der Waals surface area contributed by atoms with Crippen LogP contribution < -0.4 is 0 Å². The zero-order chi connectivity index (χ0) is 41.1. The largest absolute Gasteiger partial charge is 0.309 e. The molecular formula is C55H46N4. The van der Waals surface area contributed by atoms with Crippen molar-refractivity contribution in [2.75, 3.05) is 0 Å². The zero-order valence-corrected chi connectivity index (χ0v) is 33.7. The first-order chi connectivity index (χ1) is 28.9. The Morgan fingerprint density at radius 1 is 0.661 bits per heavy atom. The van der Waals surface area contributed by atoms with Crippen molar-refractivity contribution < 1.29 is 0 Å². The van der Waals surface area contributed by atoms with Gasteiger partial charge in [0.05, 0.1) is 23.0 Å². The van der Waals surface area contributed by atoms with Gasteiger partial charge < -0.3 is 4.57 Å². The number of aliphatic imine (C=N–C) groups is 3. The molecule has 0 unspecified atom stereocenters. The molecule has 1 heterocycles. The molecule has 0 atom stereocenters. The Bertz CT molecular complexity index is 2900. The van der Waals surface area contributed by atoms with E-state index in [9.17, 15) is 0 Å². The van der Waals surface area contributed by atoms with Gasteiger partial charge in [0, 0.05) is 27.6 Å². The van der Waals surface area contributed by atoms with Gasteiger partial charge >= 0.3 is 0 Å². The van der Waals surface area contributed by atoms with Gasteiger partial charge in [0.25, 0.3) is 0 Å². The second-order valence-electron chi connectivity index (χ2n) is 14.6. The van der Waals surface area contributed by atoms with E-state index in [4.69, 9.17) is 9.98 Å². The van der Waals surface area contributed by atoms with Crippen LogP contribution in [0, 0.1) is 0 Å². The average molecular weight is 763 g/mol. The van der Waals surface area contributed by atoms with Crippen LogP contribution in [0.5, 0.6) is 0 Å². The number of hydrogen-bond acceptors (Lipinski definition) is 1. The standard InChI is InChI=1S/C55H46N4/c1-8-12-29-47-37(5)38(6)52(55(47)48-30-19-16-26-42(48)43-27-17-20-31-49(43)55)45(23-10-3)54(56-7)58-53(40(11-4)22-9-2)57-36-39-33-34-51-46(35-39)44-28-18-21-32-50(44)59(51)41-24-14-13-15-25-41/h8-35H,1-4,7,36H2,5-6H3/b29-12-,40-22+,45-23+,57-53?,58-54?. The van der Waals surface area contributed by atoms with E-state index in [1.54, 1.807) is 18.2 Å². The molecule has 59 heavy (non-hydrogen) atoms. The first-order valence-corrected chi connectivity index (χ1v) is 19.8. The van der Waals surface area contributed by atoms with E-state index in [-0.39, 0.29) is 0 Å². The minimum absolute atomic E-state index is 0.371. The van der Waals surface area contributed by atoms with Gasteiger partial charge in [-0.25, -0.2) is 9.98 Å². The Hall–Kier alpha value is -7.43. The predicted octanol–water partition coefficient (Wildman–Crippen LogP) is 13.5. The Morgan fingerprint density at radius 3 is 1.97 bits per heavy atom. The average Bonchev–Trinajstić information content (AvgIpc) is 3.84. The molecule has 0 fully saturated rings. The van der Waals surface area contributed by atoms with Crippen molar-refractivity contribution in [1.29, 1.82) is 0 Å². The monoisotopic (exact) mass is 762 g/mol. The lowest BCUT2D eigenvalue weighted by Crippen LogP contribution is -2.30. The Morgan fingerprint density at radius 2 is 1.31 bits per heavy atom. The van der Waals surface area contributed by atoms with Gasteiger partial charge in [0.1, 0.15) is 0 Å². The zero-order valence-electron chi connectivity index (χ0n) is 33.7. The molecule has 1 aromatic heterocycles. The summed E-state index contributed by atoms with van der Waals surface area (Å²) < 4.78 is 2.31. The van der Waals surface area contributed by atoms with Crippen LogP contribution in [0.25, 0.3) is 38.6 Å². The molecule has 0 amide bonds. The quantitative estimate of drug-likeness (QED) is 0.0717. The maximum absolute atomic E-state index is 5.28. The van der Waals surface area contributed by atoms with Gasteiger partial charge in [0.2, 0.25) is 0 Å². The van der Waals surface area contributed by atoms with Gasteiger partial charge in [-0.3, -0.25) is 4.99 Å². The summed E-state index contributed by atoms with van der Waals surface area (Å²) in [6.45, 7) is 25.2. The maximum Gasteiger partial charge on any atom is 0.161 e. The predicted molar refractivity (Wildman–Crippen MR) is 253 cm³/mol. The van der Waals surface area contributed by atoms with Gasteiger partial charge in [-0.05, 0) is 101 Å². The summed E-state index contributed by atoms with van der Waals surface area (Å²) in [6, 6.07) is 43.0. The highest BCUT2D eigenvalue weighted by Crippen LogP contribution is 2.63. The molecule has 8 rings (SSSR count). The number of rotatable bonds is 11. The van der Waals surface area contributed by atoms with E-state index in [0.29, 0.717) is 23.8 Å². The minimum Gasteiger partial charge on any atom is -0.309 e. The number of para-hydroxylation sites is 2. The van der Waals surface area contributed by atoms with Crippen molar-refractivity contribution in [2.24, 2.45) is 15.0 Å². The van der Waals surface area contributed by atoms with Crippen molar-refractivity contribution in [1.82, 2.24) is 4.57 Å². The highest BCUT2D eigenvalue weighted by atomic mass is 15.0. The Kier molecular flexibility index (Phi) is 10.6. The molecule has 2 aliphatic carbocycles. The van der Waals surface area contributed by atoms with E-state index < -0.39 is 5.41 Å². The van der Waals surface area contributed by atoms with Crippen LogP contribution in [-0.2, 0) is 12.0 Å². The number of fused-ring (bicyclic) bond motifs is 8. The van der Waals surface area contributed by atoms with E-state index in [2.05, 4.69) is 178 Å². The second kappa shape index (κ2) is 16.2. The molecular weight excluding hydrogens is 717 g/mol. The lowest BCUT2D eigenvalue weighted by Gasteiger charge is -2.35. The van der Waals surface area contributed by atoms with Crippen LogP contribution in [-0.4, -0.2) is 23.0 Å². The van der Waals surface area contributed by atoms with Crippen LogP contribution in [0.2, 0.25) is 0 Å². The normalized spacial score (nSPS) is 15.4. The van der Waals surface area contributed by atoms with Gasteiger partial charge in [-0.2, -0.15) is 0 Å². The summed E-state index contributed by atoms with van der Waals surface area (Å²) in [6.07, 6.45) is 15.2. The first-order valence-electron chi connectivity index (χ1n) is 19.8. The molecule has 4 nitrogen and oxygen atoms in total. The van der Waals surface area contributed by atoms with Crippen LogP contribution >= 0.6 is 0 Å². The third-order valence-corrected chi connectivity index (χ3v) is 11.6. The summed E-state index contributed by atoms with van der Waals surface area (Å²) in [4.78, 5) is 15.1. The first kappa shape index (κ1) is 38.4. The van der Waals surface area contributed by atoms with Gasteiger partial charge in [-0.15, -0.1) is 0 Å². The van der Waals surface area contributed by atoms with Crippen LogP contribution in [0.15, 0.2) is 245 Å². The second-order valence-corrected chi connectivity index (χ2v) is 14.6.